The van der Waals surface area contributed by atoms with E-state index in [2.05, 4.69) is 0 Å². The van der Waals surface area contributed by atoms with Crippen molar-refractivity contribution in [3.63, 3.8) is 0 Å². The number of nitro groups is 1. The van der Waals surface area contributed by atoms with Crippen LogP contribution in [0, 0.1) is 21.8 Å². The second-order valence-corrected chi connectivity index (χ2v) is 8.97. The molecule has 2 aromatic rings. The zero-order chi connectivity index (χ0) is 23.5. The lowest BCUT2D eigenvalue weighted by molar-refractivity contribution is -0.384. The highest BCUT2D eigenvalue weighted by Gasteiger charge is 2.38. The Balaban J connectivity index is 1.28. The van der Waals surface area contributed by atoms with E-state index in [-0.39, 0.29) is 41.0 Å². The highest BCUT2D eigenvalue weighted by molar-refractivity contribution is 6.31. The first-order valence-electron chi connectivity index (χ1n) is 11.0. The Morgan fingerprint density at radius 3 is 2.45 bits per heavy atom. The Labute approximate surface area is 195 Å². The molecule has 1 heterocycles. The number of rotatable bonds is 6. The van der Waals surface area contributed by atoms with Crippen LogP contribution >= 0.6 is 11.6 Å². The Morgan fingerprint density at radius 2 is 1.82 bits per heavy atom. The standard InChI is InChI=1S/C24H24ClFN2O5/c25-21-2-1-3-22(26)20(21)14-16-12-13-27(23(16)29)17-8-10-19(11-9-17)33-24(30)15-4-6-18(7-5-15)28(31)32/h1-7,16-17,19H,8-14H2/t16?,17-,19+. The molecule has 1 saturated carbocycles. The van der Waals surface area contributed by atoms with Gasteiger partial charge in [0.25, 0.3) is 5.69 Å². The molecule has 2 aliphatic rings. The molecule has 9 heteroatoms. The van der Waals surface area contributed by atoms with Crippen molar-refractivity contribution in [2.24, 2.45) is 5.92 Å². The van der Waals surface area contributed by atoms with Gasteiger partial charge in [-0.15, -0.1) is 0 Å². The molecule has 4 rings (SSSR count). The van der Waals surface area contributed by atoms with Crippen LogP contribution < -0.4 is 0 Å². The van der Waals surface area contributed by atoms with Crippen LogP contribution in [0.2, 0.25) is 5.02 Å². The summed E-state index contributed by atoms with van der Waals surface area (Å²) in [5.74, 6) is -1.14. The maximum atomic E-state index is 14.1. The van der Waals surface area contributed by atoms with Gasteiger partial charge in [-0.3, -0.25) is 14.9 Å². The number of ether oxygens (including phenoxy) is 1. The first-order valence-corrected chi connectivity index (χ1v) is 11.4. The van der Waals surface area contributed by atoms with Gasteiger partial charge in [0, 0.05) is 41.2 Å². The number of esters is 1. The minimum absolute atomic E-state index is 0.0284. The molecule has 1 aliphatic heterocycles. The average molecular weight is 475 g/mol. The summed E-state index contributed by atoms with van der Waals surface area (Å²) >= 11 is 6.13. The van der Waals surface area contributed by atoms with Crippen LogP contribution in [-0.2, 0) is 16.0 Å². The SMILES string of the molecule is O=C(O[C@H]1CC[C@@H](N2CCC(Cc3c(F)cccc3Cl)C2=O)CC1)c1ccc([N+](=O)[O-])cc1. The van der Waals surface area contributed by atoms with Gasteiger partial charge in [-0.25, -0.2) is 9.18 Å². The van der Waals surface area contributed by atoms with Gasteiger partial charge in [-0.05, 0) is 62.8 Å². The van der Waals surface area contributed by atoms with Crippen LogP contribution in [0.3, 0.4) is 0 Å². The van der Waals surface area contributed by atoms with Crippen molar-refractivity contribution in [1.29, 1.82) is 0 Å². The fraction of sp³-hybridized carbons (Fsp3) is 0.417. The van der Waals surface area contributed by atoms with Gasteiger partial charge >= 0.3 is 5.97 Å². The number of nitrogens with zero attached hydrogens (tertiary/aromatic N) is 2. The number of hydrogen-bond acceptors (Lipinski definition) is 5. The van der Waals surface area contributed by atoms with Crippen molar-refractivity contribution >= 4 is 29.2 Å². The summed E-state index contributed by atoms with van der Waals surface area (Å²) in [6.45, 7) is 0.632. The highest BCUT2D eigenvalue weighted by atomic mass is 35.5. The minimum atomic E-state index is -0.522. The van der Waals surface area contributed by atoms with E-state index < -0.39 is 10.9 Å². The molecule has 0 N–H and O–H groups in total. The minimum Gasteiger partial charge on any atom is -0.459 e. The monoisotopic (exact) mass is 474 g/mol. The summed E-state index contributed by atoms with van der Waals surface area (Å²) in [5.41, 5.74) is 0.575. The lowest BCUT2D eigenvalue weighted by Crippen LogP contribution is -2.41. The zero-order valence-electron chi connectivity index (χ0n) is 17.9. The lowest BCUT2D eigenvalue weighted by Gasteiger charge is -2.34. The number of halogens is 2. The number of carbonyl (C=O) groups is 2. The largest absolute Gasteiger partial charge is 0.459 e. The Bertz CT molecular complexity index is 1030. The first-order chi connectivity index (χ1) is 15.8. The van der Waals surface area contributed by atoms with Crippen molar-refractivity contribution < 1.29 is 23.6 Å². The number of carbonyl (C=O) groups excluding carboxylic acids is 2. The van der Waals surface area contributed by atoms with Gasteiger partial charge in [0.15, 0.2) is 0 Å². The van der Waals surface area contributed by atoms with Crippen molar-refractivity contribution in [1.82, 2.24) is 4.90 Å². The van der Waals surface area contributed by atoms with Crippen molar-refractivity contribution in [3.8, 4) is 0 Å². The molecule has 0 radical (unpaired) electrons. The highest BCUT2D eigenvalue weighted by Crippen LogP contribution is 2.33. The van der Waals surface area contributed by atoms with Gasteiger partial charge in [-0.2, -0.15) is 0 Å². The number of nitro benzene ring substituents is 1. The van der Waals surface area contributed by atoms with Crippen LogP contribution in [0.1, 0.15) is 48.0 Å². The lowest BCUT2D eigenvalue weighted by atomic mass is 9.91. The van der Waals surface area contributed by atoms with E-state index in [1.165, 1.54) is 30.3 Å². The van der Waals surface area contributed by atoms with Gasteiger partial charge in [0.05, 0.1) is 10.5 Å². The second kappa shape index (κ2) is 9.87. The molecule has 1 amide bonds. The summed E-state index contributed by atoms with van der Waals surface area (Å²) in [6, 6.07) is 9.95. The molecule has 1 atom stereocenters. The Morgan fingerprint density at radius 1 is 1.12 bits per heavy atom. The quantitative estimate of drug-likeness (QED) is 0.336. The van der Waals surface area contributed by atoms with E-state index in [9.17, 15) is 24.1 Å². The van der Waals surface area contributed by atoms with Gasteiger partial charge < -0.3 is 9.64 Å². The van der Waals surface area contributed by atoms with Crippen molar-refractivity contribution in [2.45, 2.75) is 50.7 Å². The van der Waals surface area contributed by atoms with E-state index in [1.54, 1.807) is 12.1 Å². The molecule has 33 heavy (non-hydrogen) atoms. The van der Waals surface area contributed by atoms with Gasteiger partial charge in [0.1, 0.15) is 11.9 Å². The van der Waals surface area contributed by atoms with Crippen LogP contribution in [0.25, 0.3) is 0 Å². The predicted molar refractivity (Wildman–Crippen MR) is 119 cm³/mol. The molecule has 1 unspecified atom stereocenters. The number of non-ortho nitro benzene ring substituents is 1. The molecule has 2 aromatic carbocycles. The van der Waals surface area contributed by atoms with E-state index in [0.29, 0.717) is 42.8 Å². The molecular formula is C24H24ClFN2O5. The Hall–Kier alpha value is -3.00. The van der Waals surface area contributed by atoms with E-state index in [0.717, 1.165) is 12.8 Å². The third-order valence-electron chi connectivity index (χ3n) is 6.54. The van der Waals surface area contributed by atoms with Crippen molar-refractivity contribution in [3.05, 3.63) is 74.5 Å². The van der Waals surface area contributed by atoms with E-state index >= 15 is 0 Å². The summed E-state index contributed by atoms with van der Waals surface area (Å²) < 4.78 is 19.7. The summed E-state index contributed by atoms with van der Waals surface area (Å²) in [4.78, 5) is 37.4. The van der Waals surface area contributed by atoms with Gasteiger partial charge in [-0.1, -0.05) is 17.7 Å². The predicted octanol–water partition coefficient (Wildman–Crippen LogP) is 4.95. The fourth-order valence-electron chi connectivity index (χ4n) is 4.70. The van der Waals surface area contributed by atoms with Crippen LogP contribution in [0.5, 0.6) is 0 Å². The molecule has 1 saturated heterocycles. The molecule has 7 nitrogen and oxygen atoms in total. The van der Waals surface area contributed by atoms with Crippen LogP contribution in [0.15, 0.2) is 42.5 Å². The molecule has 0 spiro atoms. The smallest absolute Gasteiger partial charge is 0.338 e. The number of amides is 1. The average Bonchev–Trinajstić information content (AvgIpc) is 3.17. The fourth-order valence-corrected chi connectivity index (χ4v) is 4.94. The summed E-state index contributed by atoms with van der Waals surface area (Å²) in [6.07, 6.45) is 3.42. The zero-order valence-corrected chi connectivity index (χ0v) is 18.7. The van der Waals surface area contributed by atoms with Crippen molar-refractivity contribution in [2.75, 3.05) is 6.54 Å². The molecular weight excluding hydrogens is 451 g/mol. The molecule has 2 fully saturated rings. The van der Waals surface area contributed by atoms with E-state index in [1.807, 2.05) is 4.90 Å². The normalized spacial score (nSPS) is 22.9. The van der Waals surface area contributed by atoms with E-state index in [4.69, 9.17) is 16.3 Å². The molecule has 0 aromatic heterocycles. The topological polar surface area (TPSA) is 89.8 Å². The second-order valence-electron chi connectivity index (χ2n) is 8.56. The number of hydrogen-bond donors (Lipinski definition) is 0. The summed E-state index contributed by atoms with van der Waals surface area (Å²) in [5, 5.41) is 11.1. The number of likely N-dealkylation sites (tertiary alicyclic amines) is 1. The molecule has 174 valence electrons. The van der Waals surface area contributed by atoms with Crippen LogP contribution in [-0.4, -0.2) is 40.4 Å². The first kappa shape index (κ1) is 23.2. The Kier molecular flexibility index (Phi) is 6.93. The number of benzene rings is 2. The maximum Gasteiger partial charge on any atom is 0.338 e. The summed E-state index contributed by atoms with van der Waals surface area (Å²) in [7, 11) is 0. The maximum absolute atomic E-state index is 14.1. The van der Waals surface area contributed by atoms with Crippen LogP contribution in [0.4, 0.5) is 10.1 Å². The third-order valence-corrected chi connectivity index (χ3v) is 6.89. The third kappa shape index (κ3) is 5.16. The molecule has 1 aliphatic carbocycles. The van der Waals surface area contributed by atoms with Gasteiger partial charge in [0.2, 0.25) is 5.91 Å². The molecule has 0 bridgehead atoms.